The molecule has 2 heterocycles. The molecule has 0 amide bonds. The largest absolute Gasteiger partial charge is 0.341 e. The Morgan fingerprint density at radius 3 is 3.07 bits per heavy atom. The van der Waals surface area contributed by atoms with Gasteiger partial charge in [0.25, 0.3) is 0 Å². The fraction of sp³-hybridized carbons (Fsp3) is 0.0909. The summed E-state index contributed by atoms with van der Waals surface area (Å²) in [6.45, 7) is 0.660. The van der Waals surface area contributed by atoms with Gasteiger partial charge in [-0.25, -0.2) is 0 Å². The Balaban J connectivity index is 2.25. The fourth-order valence-electron chi connectivity index (χ4n) is 1.42. The molecule has 0 aliphatic heterocycles. The normalized spacial score (nSPS) is 10.2. The topological polar surface area (TPSA) is 34.9 Å². The van der Waals surface area contributed by atoms with Gasteiger partial charge < -0.3 is 4.57 Å². The minimum Gasteiger partial charge on any atom is -0.341 e. The highest BCUT2D eigenvalue weighted by atomic mass is 79.9. The molecular weight excluding hydrogens is 256 g/mol. The third-order valence-electron chi connectivity index (χ3n) is 2.10. The standard InChI is InChI=1S/C11H9BrN2O/c12-10-4-9(5-13-6-10)7-14-3-1-2-11(14)8-15/h1-6,8H,7H2. The molecule has 0 aromatic carbocycles. The fourth-order valence-corrected chi connectivity index (χ4v) is 1.83. The minimum absolute atomic E-state index is 0.660. The van der Waals surface area contributed by atoms with Crippen molar-refractivity contribution in [3.05, 3.63) is 52.5 Å². The lowest BCUT2D eigenvalue weighted by Gasteiger charge is -2.05. The van der Waals surface area contributed by atoms with Gasteiger partial charge in [-0.05, 0) is 39.7 Å². The summed E-state index contributed by atoms with van der Waals surface area (Å²) in [4.78, 5) is 14.8. The van der Waals surface area contributed by atoms with Crippen molar-refractivity contribution in [1.82, 2.24) is 9.55 Å². The van der Waals surface area contributed by atoms with E-state index in [9.17, 15) is 4.79 Å². The Kier molecular flexibility index (Phi) is 2.97. The Hall–Kier alpha value is -1.42. The van der Waals surface area contributed by atoms with Crippen LogP contribution in [0.3, 0.4) is 0 Å². The van der Waals surface area contributed by atoms with E-state index in [1.165, 1.54) is 0 Å². The second kappa shape index (κ2) is 4.40. The van der Waals surface area contributed by atoms with Crippen molar-refractivity contribution >= 4 is 22.2 Å². The number of hydrogen-bond acceptors (Lipinski definition) is 2. The number of carbonyl (C=O) groups is 1. The van der Waals surface area contributed by atoms with Gasteiger partial charge in [0.15, 0.2) is 6.29 Å². The van der Waals surface area contributed by atoms with Crippen LogP contribution in [0.15, 0.2) is 41.3 Å². The molecule has 0 aliphatic carbocycles. The molecule has 0 saturated heterocycles. The van der Waals surface area contributed by atoms with Crippen LogP contribution in [0, 0.1) is 0 Å². The SMILES string of the molecule is O=Cc1cccn1Cc1cncc(Br)c1. The molecule has 0 fully saturated rings. The molecule has 0 unspecified atom stereocenters. The molecule has 0 N–H and O–H groups in total. The summed E-state index contributed by atoms with van der Waals surface area (Å²) in [6.07, 6.45) is 6.26. The molecule has 3 nitrogen and oxygen atoms in total. The second-order valence-electron chi connectivity index (χ2n) is 3.19. The predicted molar refractivity (Wildman–Crippen MR) is 60.9 cm³/mol. The Morgan fingerprint density at radius 2 is 2.33 bits per heavy atom. The average Bonchev–Trinajstić information content (AvgIpc) is 2.65. The second-order valence-corrected chi connectivity index (χ2v) is 4.11. The van der Waals surface area contributed by atoms with E-state index in [2.05, 4.69) is 20.9 Å². The first kappa shape index (κ1) is 10.1. The quantitative estimate of drug-likeness (QED) is 0.799. The number of halogens is 1. The highest BCUT2D eigenvalue weighted by Gasteiger charge is 2.00. The number of hydrogen-bond donors (Lipinski definition) is 0. The van der Waals surface area contributed by atoms with Crippen molar-refractivity contribution in [2.24, 2.45) is 0 Å². The summed E-state index contributed by atoms with van der Waals surface area (Å²) in [5.41, 5.74) is 1.73. The molecular formula is C11H9BrN2O. The van der Waals surface area contributed by atoms with Crippen LogP contribution in [0.25, 0.3) is 0 Å². The zero-order chi connectivity index (χ0) is 10.7. The van der Waals surface area contributed by atoms with E-state index >= 15 is 0 Å². The van der Waals surface area contributed by atoms with Gasteiger partial charge in [-0.15, -0.1) is 0 Å². The van der Waals surface area contributed by atoms with E-state index in [0.717, 1.165) is 16.3 Å². The molecule has 0 aliphatic rings. The zero-order valence-corrected chi connectivity index (χ0v) is 9.52. The zero-order valence-electron chi connectivity index (χ0n) is 7.93. The third-order valence-corrected chi connectivity index (χ3v) is 2.53. The first-order valence-corrected chi connectivity index (χ1v) is 5.28. The highest BCUT2D eigenvalue weighted by Crippen LogP contribution is 2.11. The highest BCUT2D eigenvalue weighted by molar-refractivity contribution is 9.10. The van der Waals surface area contributed by atoms with Crippen LogP contribution < -0.4 is 0 Å². The summed E-state index contributed by atoms with van der Waals surface area (Å²) < 4.78 is 2.83. The van der Waals surface area contributed by atoms with Crippen molar-refractivity contribution in [2.75, 3.05) is 0 Å². The predicted octanol–water partition coefficient (Wildman–Crippen LogP) is 2.51. The smallest absolute Gasteiger partial charge is 0.166 e. The Bertz CT molecular complexity index is 479. The maximum absolute atomic E-state index is 10.7. The molecule has 0 spiro atoms. The van der Waals surface area contributed by atoms with Crippen LogP contribution in [-0.2, 0) is 6.54 Å². The number of nitrogens with zero attached hydrogens (tertiary/aromatic N) is 2. The van der Waals surface area contributed by atoms with Crippen LogP contribution in [0.2, 0.25) is 0 Å². The lowest BCUT2D eigenvalue weighted by Crippen LogP contribution is -2.02. The van der Waals surface area contributed by atoms with Crippen LogP contribution >= 0.6 is 15.9 Å². The maximum Gasteiger partial charge on any atom is 0.166 e. The molecule has 0 atom stereocenters. The van der Waals surface area contributed by atoms with Crippen molar-refractivity contribution < 1.29 is 4.79 Å². The van der Waals surface area contributed by atoms with E-state index in [1.807, 2.05) is 22.9 Å². The monoisotopic (exact) mass is 264 g/mol. The number of aldehydes is 1. The molecule has 4 heteroatoms. The Morgan fingerprint density at radius 1 is 1.47 bits per heavy atom. The molecule has 76 valence electrons. The van der Waals surface area contributed by atoms with E-state index in [0.29, 0.717) is 12.2 Å². The van der Waals surface area contributed by atoms with Gasteiger partial charge in [-0.2, -0.15) is 0 Å². The van der Waals surface area contributed by atoms with Crippen LogP contribution in [0.4, 0.5) is 0 Å². The Labute approximate surface area is 95.9 Å². The van der Waals surface area contributed by atoms with Gasteiger partial charge in [0.05, 0.1) is 5.69 Å². The number of carbonyl (C=O) groups excluding carboxylic acids is 1. The van der Waals surface area contributed by atoms with Gasteiger partial charge >= 0.3 is 0 Å². The molecule has 0 bridgehead atoms. The summed E-state index contributed by atoms with van der Waals surface area (Å²) >= 11 is 3.36. The van der Waals surface area contributed by atoms with E-state index < -0.39 is 0 Å². The number of rotatable bonds is 3. The molecule has 2 aromatic rings. The lowest BCUT2D eigenvalue weighted by atomic mass is 10.3. The van der Waals surface area contributed by atoms with Crippen LogP contribution in [0.1, 0.15) is 16.1 Å². The molecule has 2 aromatic heterocycles. The molecule has 15 heavy (non-hydrogen) atoms. The summed E-state index contributed by atoms with van der Waals surface area (Å²) in [5.74, 6) is 0. The lowest BCUT2D eigenvalue weighted by molar-refractivity contribution is 0.111. The first-order chi connectivity index (χ1) is 7.29. The molecule has 2 rings (SSSR count). The summed E-state index contributed by atoms with van der Waals surface area (Å²) in [6, 6.07) is 5.63. The number of pyridine rings is 1. The maximum atomic E-state index is 10.7. The van der Waals surface area contributed by atoms with Crippen molar-refractivity contribution in [3.63, 3.8) is 0 Å². The van der Waals surface area contributed by atoms with Gasteiger partial charge in [0.2, 0.25) is 0 Å². The average molecular weight is 265 g/mol. The van der Waals surface area contributed by atoms with Gasteiger partial charge in [0, 0.05) is 29.6 Å². The van der Waals surface area contributed by atoms with Gasteiger partial charge in [0.1, 0.15) is 0 Å². The molecule has 0 saturated carbocycles. The van der Waals surface area contributed by atoms with Gasteiger partial charge in [-0.1, -0.05) is 0 Å². The summed E-state index contributed by atoms with van der Waals surface area (Å²) in [5, 5.41) is 0. The minimum atomic E-state index is 0.660. The van der Waals surface area contributed by atoms with E-state index in [-0.39, 0.29) is 0 Å². The van der Waals surface area contributed by atoms with E-state index in [4.69, 9.17) is 0 Å². The van der Waals surface area contributed by atoms with Crippen molar-refractivity contribution in [2.45, 2.75) is 6.54 Å². The van der Waals surface area contributed by atoms with Crippen molar-refractivity contribution in [3.8, 4) is 0 Å². The first-order valence-electron chi connectivity index (χ1n) is 4.49. The number of aromatic nitrogens is 2. The third kappa shape index (κ3) is 2.33. The van der Waals surface area contributed by atoms with Gasteiger partial charge in [-0.3, -0.25) is 9.78 Å². The van der Waals surface area contributed by atoms with Crippen LogP contribution in [0.5, 0.6) is 0 Å². The van der Waals surface area contributed by atoms with E-state index in [1.54, 1.807) is 18.5 Å². The summed E-state index contributed by atoms with van der Waals surface area (Å²) in [7, 11) is 0. The van der Waals surface area contributed by atoms with Crippen molar-refractivity contribution in [1.29, 1.82) is 0 Å². The van der Waals surface area contributed by atoms with Crippen LogP contribution in [-0.4, -0.2) is 15.8 Å². The molecule has 0 radical (unpaired) electrons.